The van der Waals surface area contributed by atoms with Crippen LogP contribution in [0.4, 0.5) is 0 Å². The van der Waals surface area contributed by atoms with Gasteiger partial charge < -0.3 is 9.47 Å². The number of methoxy groups -OCH3 is 1. The number of benzene rings is 1. The SMILES string of the molecule is CCCCCCCCCCOc1c(CCl)cccc1OC. The normalized spacial score (nSPS) is 10.6. The van der Waals surface area contributed by atoms with E-state index in [4.69, 9.17) is 21.1 Å². The fraction of sp³-hybridized carbons (Fsp3) is 0.667. The van der Waals surface area contributed by atoms with E-state index in [2.05, 4.69) is 6.92 Å². The molecular weight excluding hydrogens is 284 g/mol. The minimum absolute atomic E-state index is 0.448. The molecule has 0 aromatic heterocycles. The van der Waals surface area contributed by atoms with Gasteiger partial charge >= 0.3 is 0 Å². The lowest BCUT2D eigenvalue weighted by Crippen LogP contribution is -2.02. The molecule has 0 aliphatic heterocycles. The predicted octanol–water partition coefficient (Wildman–Crippen LogP) is 5.95. The molecule has 0 saturated heterocycles. The second-order valence-electron chi connectivity index (χ2n) is 5.41. The van der Waals surface area contributed by atoms with E-state index in [0.717, 1.165) is 30.1 Å². The quantitative estimate of drug-likeness (QED) is 0.350. The van der Waals surface area contributed by atoms with Gasteiger partial charge in [-0.25, -0.2) is 0 Å². The third-order valence-corrected chi connectivity index (χ3v) is 3.96. The molecule has 0 saturated carbocycles. The summed E-state index contributed by atoms with van der Waals surface area (Å²) in [5, 5.41) is 0. The number of hydrogen-bond donors (Lipinski definition) is 0. The van der Waals surface area contributed by atoms with Gasteiger partial charge in [-0.3, -0.25) is 0 Å². The molecule has 0 heterocycles. The number of alkyl halides is 1. The summed E-state index contributed by atoms with van der Waals surface area (Å²) in [6.45, 7) is 2.99. The van der Waals surface area contributed by atoms with E-state index in [9.17, 15) is 0 Å². The Balaban J connectivity index is 2.20. The van der Waals surface area contributed by atoms with Crippen LogP contribution in [0.3, 0.4) is 0 Å². The first-order chi connectivity index (χ1) is 10.3. The molecule has 0 fully saturated rings. The van der Waals surface area contributed by atoms with Gasteiger partial charge in [-0.2, -0.15) is 0 Å². The number of halogens is 1. The van der Waals surface area contributed by atoms with Gasteiger partial charge in [0.15, 0.2) is 11.5 Å². The van der Waals surface area contributed by atoms with E-state index in [1.54, 1.807) is 7.11 Å². The van der Waals surface area contributed by atoms with Crippen molar-refractivity contribution < 1.29 is 9.47 Å². The van der Waals surface area contributed by atoms with Crippen LogP contribution < -0.4 is 9.47 Å². The van der Waals surface area contributed by atoms with Crippen LogP contribution in [0.5, 0.6) is 11.5 Å². The topological polar surface area (TPSA) is 18.5 Å². The molecule has 0 atom stereocenters. The third-order valence-electron chi connectivity index (χ3n) is 3.67. The Morgan fingerprint density at radius 2 is 1.62 bits per heavy atom. The number of unbranched alkanes of at least 4 members (excludes halogenated alkanes) is 7. The first-order valence-corrected chi connectivity index (χ1v) is 8.71. The van der Waals surface area contributed by atoms with Crippen molar-refractivity contribution in [3.63, 3.8) is 0 Å². The minimum atomic E-state index is 0.448. The van der Waals surface area contributed by atoms with Crippen LogP contribution in [0, 0.1) is 0 Å². The Kier molecular flexibility index (Phi) is 10.1. The van der Waals surface area contributed by atoms with Gasteiger partial charge in [-0.05, 0) is 12.5 Å². The van der Waals surface area contributed by atoms with Crippen LogP contribution in [-0.4, -0.2) is 13.7 Å². The van der Waals surface area contributed by atoms with Crippen molar-refractivity contribution in [1.29, 1.82) is 0 Å². The maximum atomic E-state index is 5.95. The van der Waals surface area contributed by atoms with E-state index >= 15 is 0 Å². The highest BCUT2D eigenvalue weighted by Crippen LogP contribution is 2.32. The molecule has 0 aliphatic rings. The molecule has 0 spiro atoms. The van der Waals surface area contributed by atoms with Gasteiger partial charge in [0.1, 0.15) is 0 Å². The van der Waals surface area contributed by atoms with Gasteiger partial charge in [0, 0.05) is 5.56 Å². The Labute approximate surface area is 134 Å². The number of para-hydroxylation sites is 1. The second-order valence-corrected chi connectivity index (χ2v) is 5.67. The fourth-order valence-corrected chi connectivity index (χ4v) is 2.61. The lowest BCUT2D eigenvalue weighted by Gasteiger charge is -2.13. The van der Waals surface area contributed by atoms with Crippen molar-refractivity contribution in [2.24, 2.45) is 0 Å². The first kappa shape index (κ1) is 18.2. The Bertz CT molecular complexity index is 357. The molecule has 21 heavy (non-hydrogen) atoms. The van der Waals surface area contributed by atoms with Gasteiger partial charge in [-0.15, -0.1) is 11.6 Å². The molecule has 120 valence electrons. The van der Waals surface area contributed by atoms with Crippen molar-refractivity contribution >= 4 is 11.6 Å². The second kappa shape index (κ2) is 11.7. The monoisotopic (exact) mass is 312 g/mol. The van der Waals surface area contributed by atoms with Gasteiger partial charge in [0.2, 0.25) is 0 Å². The summed E-state index contributed by atoms with van der Waals surface area (Å²) >= 11 is 5.95. The third kappa shape index (κ3) is 7.08. The number of rotatable bonds is 12. The molecule has 1 aromatic rings. The lowest BCUT2D eigenvalue weighted by atomic mass is 10.1. The van der Waals surface area contributed by atoms with Crippen molar-refractivity contribution in [2.75, 3.05) is 13.7 Å². The van der Waals surface area contributed by atoms with E-state index < -0.39 is 0 Å². The molecule has 3 heteroatoms. The summed E-state index contributed by atoms with van der Waals surface area (Å²) in [7, 11) is 1.66. The van der Waals surface area contributed by atoms with Crippen LogP contribution in [0.2, 0.25) is 0 Å². The molecule has 1 aromatic carbocycles. The van der Waals surface area contributed by atoms with E-state index in [-0.39, 0.29) is 0 Å². The zero-order valence-corrected chi connectivity index (χ0v) is 14.3. The smallest absolute Gasteiger partial charge is 0.165 e. The van der Waals surface area contributed by atoms with Crippen LogP contribution >= 0.6 is 11.6 Å². The zero-order valence-electron chi connectivity index (χ0n) is 13.5. The van der Waals surface area contributed by atoms with Crippen LogP contribution in [0.25, 0.3) is 0 Å². The Morgan fingerprint density at radius 1 is 0.952 bits per heavy atom. The highest BCUT2D eigenvalue weighted by molar-refractivity contribution is 6.17. The molecule has 0 bridgehead atoms. The molecule has 0 N–H and O–H groups in total. The minimum Gasteiger partial charge on any atom is -0.493 e. The van der Waals surface area contributed by atoms with E-state index in [1.807, 2.05) is 18.2 Å². The van der Waals surface area contributed by atoms with Crippen molar-refractivity contribution in [1.82, 2.24) is 0 Å². The maximum absolute atomic E-state index is 5.95. The van der Waals surface area contributed by atoms with Crippen molar-refractivity contribution in [3.8, 4) is 11.5 Å². The highest BCUT2D eigenvalue weighted by atomic mass is 35.5. The van der Waals surface area contributed by atoms with Gasteiger partial charge in [0.05, 0.1) is 19.6 Å². The summed E-state index contributed by atoms with van der Waals surface area (Å²) in [6.07, 6.45) is 10.4. The standard InChI is InChI=1S/C18H29ClO2/c1-3-4-5-6-7-8-9-10-14-21-18-16(15-19)12-11-13-17(18)20-2/h11-13H,3-10,14-15H2,1-2H3. The molecular formula is C18H29ClO2. The highest BCUT2D eigenvalue weighted by Gasteiger charge is 2.09. The summed E-state index contributed by atoms with van der Waals surface area (Å²) in [5.41, 5.74) is 0.996. The molecule has 0 radical (unpaired) electrons. The van der Waals surface area contributed by atoms with Crippen molar-refractivity contribution in [2.45, 2.75) is 64.2 Å². The summed E-state index contributed by atoms with van der Waals surface area (Å²) in [6, 6.07) is 5.84. The van der Waals surface area contributed by atoms with Crippen molar-refractivity contribution in [3.05, 3.63) is 23.8 Å². The molecule has 2 nitrogen and oxygen atoms in total. The maximum Gasteiger partial charge on any atom is 0.165 e. The number of hydrogen-bond acceptors (Lipinski definition) is 2. The average molecular weight is 313 g/mol. The van der Waals surface area contributed by atoms with Crippen LogP contribution in [0.15, 0.2) is 18.2 Å². The fourth-order valence-electron chi connectivity index (χ4n) is 2.40. The van der Waals surface area contributed by atoms with E-state index in [1.165, 1.54) is 44.9 Å². The Morgan fingerprint density at radius 3 is 2.24 bits per heavy atom. The number of ether oxygens (including phenoxy) is 2. The Hall–Kier alpha value is -0.890. The van der Waals surface area contributed by atoms with Crippen LogP contribution in [-0.2, 0) is 5.88 Å². The summed E-state index contributed by atoms with van der Waals surface area (Å²) in [5.74, 6) is 2.02. The van der Waals surface area contributed by atoms with E-state index in [0.29, 0.717) is 5.88 Å². The average Bonchev–Trinajstić information content (AvgIpc) is 2.53. The summed E-state index contributed by atoms with van der Waals surface area (Å²) < 4.78 is 11.2. The van der Waals surface area contributed by atoms with Gasteiger partial charge in [-0.1, -0.05) is 64.0 Å². The van der Waals surface area contributed by atoms with Crippen LogP contribution in [0.1, 0.15) is 63.9 Å². The molecule has 0 amide bonds. The molecule has 0 unspecified atom stereocenters. The predicted molar refractivity (Wildman–Crippen MR) is 90.7 cm³/mol. The first-order valence-electron chi connectivity index (χ1n) is 8.18. The molecule has 1 rings (SSSR count). The summed E-state index contributed by atoms with van der Waals surface area (Å²) in [4.78, 5) is 0. The zero-order chi connectivity index (χ0) is 15.3. The lowest BCUT2D eigenvalue weighted by molar-refractivity contribution is 0.282. The largest absolute Gasteiger partial charge is 0.493 e. The van der Waals surface area contributed by atoms with Gasteiger partial charge in [0.25, 0.3) is 0 Å². The molecule has 0 aliphatic carbocycles.